The summed E-state index contributed by atoms with van der Waals surface area (Å²) in [6, 6.07) is 0. The Morgan fingerprint density at radius 3 is 1.54 bits per heavy atom. The molecule has 0 spiro atoms. The van der Waals surface area contributed by atoms with Crippen LogP contribution in [-0.4, -0.2) is 0 Å². The maximum Gasteiger partial charge on any atom is -0.0277 e. The van der Waals surface area contributed by atoms with Gasteiger partial charge in [0, 0.05) is 0 Å². The molecular weight excluding hydrogens is 156 g/mol. The van der Waals surface area contributed by atoms with Crippen molar-refractivity contribution in [3.63, 3.8) is 0 Å². The van der Waals surface area contributed by atoms with E-state index in [2.05, 4.69) is 48.5 Å². The predicted octanol–water partition coefficient (Wildman–Crippen LogP) is 4.74. The van der Waals surface area contributed by atoms with Crippen molar-refractivity contribution < 1.29 is 0 Å². The molecular formula is C13H28. The van der Waals surface area contributed by atoms with Crippen LogP contribution in [0, 0.1) is 23.2 Å². The Hall–Kier alpha value is 0. The van der Waals surface area contributed by atoms with Crippen LogP contribution in [0.15, 0.2) is 0 Å². The summed E-state index contributed by atoms with van der Waals surface area (Å²) < 4.78 is 0. The molecule has 0 rings (SSSR count). The van der Waals surface area contributed by atoms with Crippen LogP contribution < -0.4 is 0 Å². The first-order valence-electron chi connectivity index (χ1n) is 5.84. The van der Waals surface area contributed by atoms with Crippen molar-refractivity contribution in [1.82, 2.24) is 0 Å². The van der Waals surface area contributed by atoms with Gasteiger partial charge in [-0.15, -0.1) is 0 Å². The summed E-state index contributed by atoms with van der Waals surface area (Å²) in [4.78, 5) is 0. The van der Waals surface area contributed by atoms with Gasteiger partial charge < -0.3 is 0 Å². The zero-order valence-corrected chi connectivity index (χ0v) is 10.6. The van der Waals surface area contributed by atoms with Crippen LogP contribution in [0.3, 0.4) is 0 Å². The third kappa shape index (κ3) is 3.32. The molecule has 13 heavy (non-hydrogen) atoms. The molecule has 0 aromatic heterocycles. The SMILES string of the molecule is CCC(C)CC(C)(C(C)C)C(C)C. The van der Waals surface area contributed by atoms with Gasteiger partial charge in [-0.1, -0.05) is 54.9 Å². The molecule has 0 aliphatic heterocycles. The first-order valence-corrected chi connectivity index (χ1v) is 5.84. The summed E-state index contributed by atoms with van der Waals surface area (Å²) in [5.74, 6) is 2.46. The molecule has 0 aromatic rings. The Morgan fingerprint density at radius 1 is 0.923 bits per heavy atom. The van der Waals surface area contributed by atoms with Gasteiger partial charge in [0.25, 0.3) is 0 Å². The van der Waals surface area contributed by atoms with Gasteiger partial charge in [-0.3, -0.25) is 0 Å². The highest BCUT2D eigenvalue weighted by Gasteiger charge is 2.32. The monoisotopic (exact) mass is 184 g/mol. The topological polar surface area (TPSA) is 0 Å². The van der Waals surface area contributed by atoms with Crippen molar-refractivity contribution in [2.45, 2.75) is 61.3 Å². The smallest absolute Gasteiger partial charge is 0.0277 e. The van der Waals surface area contributed by atoms with E-state index < -0.39 is 0 Å². The molecule has 0 aliphatic carbocycles. The third-order valence-electron chi connectivity index (χ3n) is 4.12. The molecule has 1 unspecified atom stereocenters. The van der Waals surface area contributed by atoms with E-state index in [0.717, 1.165) is 17.8 Å². The fourth-order valence-corrected chi connectivity index (χ4v) is 2.03. The normalized spacial score (nSPS) is 15.5. The van der Waals surface area contributed by atoms with Crippen molar-refractivity contribution >= 4 is 0 Å². The van der Waals surface area contributed by atoms with E-state index in [4.69, 9.17) is 0 Å². The fourth-order valence-electron chi connectivity index (χ4n) is 2.03. The fraction of sp³-hybridized carbons (Fsp3) is 1.00. The Morgan fingerprint density at radius 2 is 1.31 bits per heavy atom. The minimum Gasteiger partial charge on any atom is -0.0651 e. The summed E-state index contributed by atoms with van der Waals surface area (Å²) in [5, 5.41) is 0. The van der Waals surface area contributed by atoms with Crippen molar-refractivity contribution in [1.29, 1.82) is 0 Å². The average molecular weight is 184 g/mol. The van der Waals surface area contributed by atoms with Crippen LogP contribution in [-0.2, 0) is 0 Å². The maximum absolute atomic E-state index is 2.45. The van der Waals surface area contributed by atoms with E-state index in [1.807, 2.05) is 0 Å². The number of rotatable bonds is 5. The number of hydrogen-bond acceptors (Lipinski definition) is 0. The maximum atomic E-state index is 2.45. The molecule has 0 N–H and O–H groups in total. The van der Waals surface area contributed by atoms with Crippen LogP contribution in [0.1, 0.15) is 61.3 Å². The predicted molar refractivity (Wildman–Crippen MR) is 61.9 cm³/mol. The summed E-state index contributed by atoms with van der Waals surface area (Å²) in [7, 11) is 0. The Bertz CT molecular complexity index is 125. The lowest BCUT2D eigenvalue weighted by molar-refractivity contribution is 0.0995. The lowest BCUT2D eigenvalue weighted by Crippen LogP contribution is -2.31. The standard InChI is InChI=1S/C13H28/c1-8-12(6)9-13(7,10(2)3)11(4)5/h10-12H,8-9H2,1-7H3. The zero-order chi connectivity index (χ0) is 10.6. The van der Waals surface area contributed by atoms with Crippen LogP contribution in [0.5, 0.6) is 0 Å². The number of hydrogen-bond donors (Lipinski definition) is 0. The molecule has 0 aromatic carbocycles. The van der Waals surface area contributed by atoms with E-state index in [1.165, 1.54) is 12.8 Å². The van der Waals surface area contributed by atoms with Crippen molar-refractivity contribution in [2.24, 2.45) is 23.2 Å². The molecule has 0 saturated heterocycles. The minimum atomic E-state index is 0.523. The summed E-state index contributed by atoms with van der Waals surface area (Å²) >= 11 is 0. The molecule has 80 valence electrons. The van der Waals surface area contributed by atoms with Gasteiger partial charge in [0.1, 0.15) is 0 Å². The van der Waals surface area contributed by atoms with Crippen LogP contribution >= 0.6 is 0 Å². The third-order valence-corrected chi connectivity index (χ3v) is 4.12. The first kappa shape index (κ1) is 13.0. The van der Waals surface area contributed by atoms with Gasteiger partial charge in [-0.25, -0.2) is 0 Å². The van der Waals surface area contributed by atoms with Gasteiger partial charge in [-0.05, 0) is 29.6 Å². The molecule has 0 saturated carbocycles. The quantitative estimate of drug-likeness (QED) is 0.579. The van der Waals surface area contributed by atoms with Crippen LogP contribution in [0.4, 0.5) is 0 Å². The molecule has 0 radical (unpaired) electrons. The van der Waals surface area contributed by atoms with E-state index in [-0.39, 0.29) is 0 Å². The highest BCUT2D eigenvalue weighted by atomic mass is 14.4. The van der Waals surface area contributed by atoms with E-state index in [0.29, 0.717) is 5.41 Å². The van der Waals surface area contributed by atoms with Gasteiger partial charge >= 0.3 is 0 Å². The minimum absolute atomic E-state index is 0.523. The molecule has 0 bridgehead atoms. The first-order chi connectivity index (χ1) is 5.84. The van der Waals surface area contributed by atoms with E-state index in [1.54, 1.807) is 0 Å². The second-order valence-electron chi connectivity index (χ2n) is 5.53. The summed E-state index contributed by atoms with van der Waals surface area (Å²) in [6.45, 7) is 16.6. The highest BCUT2D eigenvalue weighted by molar-refractivity contribution is 4.82. The lowest BCUT2D eigenvalue weighted by atomic mass is 9.66. The molecule has 0 fully saturated rings. The van der Waals surface area contributed by atoms with Gasteiger partial charge in [0.05, 0.1) is 0 Å². The average Bonchev–Trinajstić information content (AvgIpc) is 2.03. The molecule has 0 nitrogen and oxygen atoms in total. The van der Waals surface area contributed by atoms with E-state index in [9.17, 15) is 0 Å². The molecule has 0 heteroatoms. The zero-order valence-electron chi connectivity index (χ0n) is 10.6. The molecule has 0 aliphatic rings. The summed E-state index contributed by atoms with van der Waals surface area (Å²) in [6.07, 6.45) is 2.69. The summed E-state index contributed by atoms with van der Waals surface area (Å²) in [5.41, 5.74) is 0.523. The van der Waals surface area contributed by atoms with Gasteiger partial charge in [-0.2, -0.15) is 0 Å². The van der Waals surface area contributed by atoms with Crippen LogP contribution in [0.25, 0.3) is 0 Å². The molecule has 0 amide bonds. The van der Waals surface area contributed by atoms with Crippen molar-refractivity contribution in [2.75, 3.05) is 0 Å². The van der Waals surface area contributed by atoms with Gasteiger partial charge in [0.15, 0.2) is 0 Å². The van der Waals surface area contributed by atoms with E-state index >= 15 is 0 Å². The van der Waals surface area contributed by atoms with Gasteiger partial charge in [0.2, 0.25) is 0 Å². The molecule has 1 atom stereocenters. The Balaban J connectivity index is 4.42. The second kappa shape index (κ2) is 5.02. The largest absolute Gasteiger partial charge is 0.0651 e. The second-order valence-corrected chi connectivity index (χ2v) is 5.53. The lowest BCUT2D eigenvalue weighted by Gasteiger charge is -2.40. The molecule has 0 heterocycles. The van der Waals surface area contributed by atoms with Crippen molar-refractivity contribution in [3.8, 4) is 0 Å². The van der Waals surface area contributed by atoms with Crippen LogP contribution in [0.2, 0.25) is 0 Å². The Kier molecular flexibility index (Phi) is 5.02. The highest BCUT2D eigenvalue weighted by Crippen LogP contribution is 2.41. The van der Waals surface area contributed by atoms with Crippen molar-refractivity contribution in [3.05, 3.63) is 0 Å². The Labute approximate surface area is 85.1 Å².